The highest BCUT2D eigenvalue weighted by Gasteiger charge is 2.17. The molecule has 2 rings (SSSR count). The van der Waals surface area contributed by atoms with Crippen LogP contribution in [0.25, 0.3) is 0 Å². The predicted molar refractivity (Wildman–Crippen MR) is 92.9 cm³/mol. The Morgan fingerprint density at radius 1 is 1.26 bits per heavy atom. The molecule has 122 valence electrons. The van der Waals surface area contributed by atoms with E-state index in [1.54, 1.807) is 19.5 Å². The SMILES string of the molecule is COc1ccc(C(C)(C)C)cc1NC(=O)CCc1cccnc1. The summed E-state index contributed by atoms with van der Waals surface area (Å²) in [6.07, 6.45) is 4.59. The van der Waals surface area contributed by atoms with E-state index < -0.39 is 0 Å². The Morgan fingerprint density at radius 2 is 2.04 bits per heavy atom. The van der Waals surface area contributed by atoms with Gasteiger partial charge in [0.25, 0.3) is 0 Å². The summed E-state index contributed by atoms with van der Waals surface area (Å²) in [6.45, 7) is 6.43. The zero-order valence-corrected chi connectivity index (χ0v) is 14.2. The van der Waals surface area contributed by atoms with Gasteiger partial charge in [0, 0.05) is 18.8 Å². The van der Waals surface area contributed by atoms with E-state index in [1.165, 1.54) is 0 Å². The summed E-state index contributed by atoms with van der Waals surface area (Å²) in [6, 6.07) is 9.77. The maximum Gasteiger partial charge on any atom is 0.224 e. The minimum absolute atomic E-state index is 0.0153. The summed E-state index contributed by atoms with van der Waals surface area (Å²) in [4.78, 5) is 16.3. The van der Waals surface area contributed by atoms with E-state index in [2.05, 4.69) is 31.1 Å². The number of aryl methyl sites for hydroxylation is 1. The van der Waals surface area contributed by atoms with Crippen molar-refractivity contribution in [3.8, 4) is 5.75 Å². The number of hydrogen-bond donors (Lipinski definition) is 1. The van der Waals surface area contributed by atoms with Crippen LogP contribution in [0, 0.1) is 0 Å². The van der Waals surface area contributed by atoms with Crippen molar-refractivity contribution in [2.24, 2.45) is 0 Å². The van der Waals surface area contributed by atoms with Crippen molar-refractivity contribution in [3.05, 3.63) is 53.9 Å². The first-order chi connectivity index (χ1) is 10.9. The minimum atomic E-state index is -0.0294. The number of carbonyl (C=O) groups excluding carboxylic acids is 1. The molecule has 1 aromatic heterocycles. The number of anilines is 1. The van der Waals surface area contributed by atoms with E-state index in [4.69, 9.17) is 4.74 Å². The lowest BCUT2D eigenvalue weighted by Gasteiger charge is -2.21. The number of benzene rings is 1. The molecular weight excluding hydrogens is 288 g/mol. The monoisotopic (exact) mass is 312 g/mol. The van der Waals surface area contributed by atoms with E-state index in [0.29, 0.717) is 18.6 Å². The summed E-state index contributed by atoms with van der Waals surface area (Å²) < 4.78 is 5.35. The van der Waals surface area contributed by atoms with Crippen molar-refractivity contribution in [2.45, 2.75) is 39.0 Å². The average molecular weight is 312 g/mol. The molecule has 4 heteroatoms. The predicted octanol–water partition coefficient (Wildman–Crippen LogP) is 3.96. The number of hydrogen-bond acceptors (Lipinski definition) is 3. The molecule has 0 aliphatic rings. The lowest BCUT2D eigenvalue weighted by Crippen LogP contribution is -2.15. The molecule has 1 N–H and O–H groups in total. The third-order valence-corrected chi connectivity index (χ3v) is 3.70. The molecule has 4 nitrogen and oxygen atoms in total. The Labute approximate surface area is 137 Å². The second-order valence-corrected chi connectivity index (χ2v) is 6.57. The van der Waals surface area contributed by atoms with Gasteiger partial charge < -0.3 is 10.1 Å². The van der Waals surface area contributed by atoms with Gasteiger partial charge in [-0.25, -0.2) is 0 Å². The van der Waals surface area contributed by atoms with Gasteiger partial charge in [-0.1, -0.05) is 32.9 Å². The van der Waals surface area contributed by atoms with Crippen molar-refractivity contribution < 1.29 is 9.53 Å². The van der Waals surface area contributed by atoms with E-state index in [9.17, 15) is 4.79 Å². The molecule has 0 saturated carbocycles. The largest absolute Gasteiger partial charge is 0.495 e. The van der Waals surface area contributed by atoms with Gasteiger partial charge in [-0.15, -0.1) is 0 Å². The van der Waals surface area contributed by atoms with Crippen molar-refractivity contribution in [1.82, 2.24) is 4.98 Å². The molecule has 0 atom stereocenters. The summed E-state index contributed by atoms with van der Waals surface area (Å²) in [5.41, 5.74) is 2.94. The summed E-state index contributed by atoms with van der Waals surface area (Å²) in [5, 5.41) is 2.96. The molecule has 23 heavy (non-hydrogen) atoms. The molecule has 0 saturated heterocycles. The molecular formula is C19H24N2O2. The standard InChI is InChI=1S/C19H24N2O2/c1-19(2,3)15-8-9-17(23-4)16(12-15)21-18(22)10-7-14-6-5-11-20-13-14/h5-6,8-9,11-13H,7,10H2,1-4H3,(H,21,22). The van der Waals surface area contributed by atoms with Crippen LogP contribution in [0.2, 0.25) is 0 Å². The van der Waals surface area contributed by atoms with Gasteiger partial charge in [0.2, 0.25) is 5.91 Å². The third kappa shape index (κ3) is 4.81. The third-order valence-electron chi connectivity index (χ3n) is 3.70. The van der Waals surface area contributed by atoms with E-state index in [0.717, 1.165) is 16.8 Å². The number of nitrogens with one attached hydrogen (secondary N) is 1. The van der Waals surface area contributed by atoms with Crippen LogP contribution in [0.4, 0.5) is 5.69 Å². The number of ether oxygens (including phenoxy) is 1. The van der Waals surface area contributed by atoms with Crippen LogP contribution in [0.5, 0.6) is 5.75 Å². The molecule has 1 heterocycles. The first-order valence-electron chi connectivity index (χ1n) is 7.77. The molecule has 0 spiro atoms. The first-order valence-corrected chi connectivity index (χ1v) is 7.77. The fraction of sp³-hybridized carbons (Fsp3) is 0.368. The van der Waals surface area contributed by atoms with Crippen LogP contribution < -0.4 is 10.1 Å². The smallest absolute Gasteiger partial charge is 0.224 e. The van der Waals surface area contributed by atoms with Crippen LogP contribution in [-0.4, -0.2) is 18.0 Å². The Morgan fingerprint density at radius 3 is 2.65 bits per heavy atom. The zero-order valence-electron chi connectivity index (χ0n) is 14.2. The number of methoxy groups -OCH3 is 1. The maximum atomic E-state index is 12.2. The molecule has 0 radical (unpaired) electrons. The average Bonchev–Trinajstić information content (AvgIpc) is 2.53. The maximum absolute atomic E-state index is 12.2. The summed E-state index contributed by atoms with van der Waals surface area (Å²) in [7, 11) is 1.61. The Kier molecular flexibility index (Phi) is 5.37. The second-order valence-electron chi connectivity index (χ2n) is 6.57. The van der Waals surface area contributed by atoms with Crippen molar-refractivity contribution in [1.29, 1.82) is 0 Å². The summed E-state index contributed by atoms with van der Waals surface area (Å²) in [5.74, 6) is 0.644. The first kappa shape index (κ1) is 17.0. The molecule has 1 amide bonds. The fourth-order valence-corrected chi connectivity index (χ4v) is 2.29. The van der Waals surface area contributed by atoms with Crippen LogP contribution in [0.1, 0.15) is 38.3 Å². The van der Waals surface area contributed by atoms with Gasteiger partial charge >= 0.3 is 0 Å². The van der Waals surface area contributed by atoms with E-state index in [-0.39, 0.29) is 11.3 Å². The molecule has 0 fully saturated rings. The molecule has 0 bridgehead atoms. The van der Waals surface area contributed by atoms with E-state index in [1.807, 2.05) is 30.3 Å². The molecule has 0 unspecified atom stereocenters. The van der Waals surface area contributed by atoms with Gasteiger partial charge in [0.1, 0.15) is 5.75 Å². The van der Waals surface area contributed by atoms with Gasteiger partial charge in [-0.3, -0.25) is 9.78 Å². The normalized spacial score (nSPS) is 11.1. The Hall–Kier alpha value is -2.36. The molecule has 0 aliphatic carbocycles. The van der Waals surface area contributed by atoms with Gasteiger partial charge in [-0.05, 0) is 41.2 Å². The van der Waals surface area contributed by atoms with Gasteiger partial charge in [-0.2, -0.15) is 0 Å². The lowest BCUT2D eigenvalue weighted by atomic mass is 9.87. The number of rotatable bonds is 5. The quantitative estimate of drug-likeness (QED) is 0.909. The number of pyridine rings is 1. The minimum Gasteiger partial charge on any atom is -0.495 e. The number of aromatic nitrogens is 1. The lowest BCUT2D eigenvalue weighted by molar-refractivity contribution is -0.116. The second kappa shape index (κ2) is 7.27. The van der Waals surface area contributed by atoms with Gasteiger partial charge in [0.15, 0.2) is 0 Å². The highest BCUT2D eigenvalue weighted by molar-refractivity contribution is 5.92. The summed E-state index contributed by atoms with van der Waals surface area (Å²) >= 11 is 0. The van der Waals surface area contributed by atoms with Crippen LogP contribution >= 0.6 is 0 Å². The van der Waals surface area contributed by atoms with E-state index >= 15 is 0 Å². The zero-order chi connectivity index (χ0) is 16.9. The van der Waals surface area contributed by atoms with Crippen molar-refractivity contribution >= 4 is 11.6 Å². The highest BCUT2D eigenvalue weighted by Crippen LogP contribution is 2.31. The number of nitrogens with zero attached hydrogens (tertiary/aromatic N) is 1. The Balaban J connectivity index is 2.07. The molecule has 0 aliphatic heterocycles. The van der Waals surface area contributed by atoms with Crippen molar-refractivity contribution in [2.75, 3.05) is 12.4 Å². The Bertz CT molecular complexity index is 661. The van der Waals surface area contributed by atoms with Gasteiger partial charge in [0.05, 0.1) is 12.8 Å². The number of amides is 1. The molecule has 2 aromatic rings. The van der Waals surface area contributed by atoms with Crippen LogP contribution in [0.3, 0.4) is 0 Å². The molecule has 1 aromatic carbocycles. The van der Waals surface area contributed by atoms with Crippen molar-refractivity contribution in [3.63, 3.8) is 0 Å². The van der Waals surface area contributed by atoms with Crippen LogP contribution in [0.15, 0.2) is 42.7 Å². The number of carbonyl (C=O) groups is 1. The highest BCUT2D eigenvalue weighted by atomic mass is 16.5. The van der Waals surface area contributed by atoms with Crippen LogP contribution in [-0.2, 0) is 16.6 Å². The topological polar surface area (TPSA) is 51.2 Å². The fourth-order valence-electron chi connectivity index (χ4n) is 2.29.